The van der Waals surface area contributed by atoms with Crippen molar-refractivity contribution in [1.29, 1.82) is 0 Å². The van der Waals surface area contributed by atoms with Crippen molar-refractivity contribution in [2.24, 2.45) is 5.73 Å². The third-order valence-corrected chi connectivity index (χ3v) is 2.45. The van der Waals surface area contributed by atoms with Crippen molar-refractivity contribution < 1.29 is 0 Å². The van der Waals surface area contributed by atoms with E-state index in [4.69, 9.17) is 5.73 Å². The van der Waals surface area contributed by atoms with Gasteiger partial charge in [-0.2, -0.15) is 0 Å². The van der Waals surface area contributed by atoms with E-state index in [9.17, 15) is 0 Å². The number of imidazole rings is 1. The van der Waals surface area contributed by atoms with Crippen molar-refractivity contribution in [1.82, 2.24) is 15.0 Å². The van der Waals surface area contributed by atoms with Gasteiger partial charge in [-0.25, -0.2) is 9.97 Å². The summed E-state index contributed by atoms with van der Waals surface area (Å²) < 4.78 is 0. The summed E-state index contributed by atoms with van der Waals surface area (Å²) in [5.74, 6) is 0.838. The molecule has 0 aromatic carbocycles. The average Bonchev–Trinajstić information content (AvgIpc) is 2.60. The molecular formula is C11H16N4. The van der Waals surface area contributed by atoms with Gasteiger partial charge in [0, 0.05) is 5.69 Å². The van der Waals surface area contributed by atoms with Crippen LogP contribution in [0.15, 0.2) is 12.1 Å². The minimum Gasteiger partial charge on any atom is -0.339 e. The quantitative estimate of drug-likeness (QED) is 0.804. The number of hydrogen-bond acceptors (Lipinski definition) is 3. The Morgan fingerprint density at radius 2 is 2.20 bits per heavy atom. The lowest BCUT2D eigenvalue weighted by Gasteiger charge is -2.04. The molecule has 0 spiro atoms. The molecule has 4 nitrogen and oxygen atoms in total. The molecule has 0 amide bonds. The Kier molecular flexibility index (Phi) is 2.68. The lowest BCUT2D eigenvalue weighted by Crippen LogP contribution is -2.11. The average molecular weight is 204 g/mol. The number of nitrogens with zero attached hydrogens (tertiary/aromatic N) is 2. The number of nitrogens with one attached hydrogen (secondary N) is 1. The highest BCUT2D eigenvalue weighted by Gasteiger charge is 2.10. The summed E-state index contributed by atoms with van der Waals surface area (Å²) in [5.41, 5.74) is 8.68. The third kappa shape index (κ3) is 1.99. The maximum Gasteiger partial charge on any atom is 0.177 e. The normalized spacial score (nSPS) is 13.3. The number of fused-ring (bicyclic) bond motifs is 1. The molecule has 2 aromatic heterocycles. The molecule has 2 rings (SSSR count). The first-order chi connectivity index (χ1) is 7.20. The molecule has 2 aromatic rings. The lowest BCUT2D eigenvalue weighted by molar-refractivity contribution is 0.610. The van der Waals surface area contributed by atoms with Gasteiger partial charge in [0.05, 0.1) is 11.6 Å². The Bertz CT molecular complexity index is 461. The molecule has 3 N–H and O–H groups in total. The molecule has 4 heteroatoms. The van der Waals surface area contributed by atoms with Crippen LogP contribution in [0.3, 0.4) is 0 Å². The van der Waals surface area contributed by atoms with Crippen LogP contribution in [-0.4, -0.2) is 15.0 Å². The van der Waals surface area contributed by atoms with E-state index in [1.807, 2.05) is 19.1 Å². The van der Waals surface area contributed by atoms with Gasteiger partial charge in [0.1, 0.15) is 5.82 Å². The Labute approximate surface area is 88.9 Å². The minimum absolute atomic E-state index is 0.00972. The zero-order valence-corrected chi connectivity index (χ0v) is 9.12. The summed E-state index contributed by atoms with van der Waals surface area (Å²) in [6, 6.07) is 3.95. The fourth-order valence-electron chi connectivity index (χ4n) is 1.63. The number of aromatic amines is 1. The van der Waals surface area contributed by atoms with Crippen molar-refractivity contribution in [3.8, 4) is 0 Å². The molecular weight excluding hydrogens is 188 g/mol. The number of pyridine rings is 1. The summed E-state index contributed by atoms with van der Waals surface area (Å²) >= 11 is 0. The van der Waals surface area contributed by atoms with E-state index in [1.165, 1.54) is 0 Å². The molecule has 0 fully saturated rings. The number of hydrogen-bond donors (Lipinski definition) is 2. The number of aromatic nitrogens is 3. The van der Waals surface area contributed by atoms with Crippen LogP contribution in [-0.2, 0) is 0 Å². The van der Waals surface area contributed by atoms with E-state index in [1.54, 1.807) is 0 Å². The van der Waals surface area contributed by atoms with Gasteiger partial charge in [-0.1, -0.05) is 13.3 Å². The van der Waals surface area contributed by atoms with Gasteiger partial charge in [0.2, 0.25) is 0 Å². The van der Waals surface area contributed by atoms with Crippen LogP contribution in [0.25, 0.3) is 11.2 Å². The highest BCUT2D eigenvalue weighted by atomic mass is 15.0. The maximum absolute atomic E-state index is 5.99. The van der Waals surface area contributed by atoms with Gasteiger partial charge in [0.25, 0.3) is 0 Å². The first kappa shape index (κ1) is 10.1. The predicted molar refractivity (Wildman–Crippen MR) is 60.5 cm³/mol. The molecule has 15 heavy (non-hydrogen) atoms. The molecule has 80 valence electrons. The van der Waals surface area contributed by atoms with Crippen molar-refractivity contribution in [3.05, 3.63) is 23.7 Å². The van der Waals surface area contributed by atoms with Gasteiger partial charge in [-0.3, -0.25) is 0 Å². The fourth-order valence-corrected chi connectivity index (χ4v) is 1.63. The highest BCUT2D eigenvalue weighted by molar-refractivity contribution is 5.70. The first-order valence-electron chi connectivity index (χ1n) is 5.29. The zero-order chi connectivity index (χ0) is 10.8. The molecule has 1 unspecified atom stereocenters. The lowest BCUT2D eigenvalue weighted by atomic mass is 10.2. The SMILES string of the molecule is CCCC(N)c1nc2nc(C)ccc2[nH]1. The second-order valence-corrected chi connectivity index (χ2v) is 3.84. The second-order valence-electron chi connectivity index (χ2n) is 3.84. The predicted octanol–water partition coefficient (Wildman–Crippen LogP) is 2.07. The van der Waals surface area contributed by atoms with Crippen molar-refractivity contribution >= 4 is 11.2 Å². The van der Waals surface area contributed by atoms with Crippen LogP contribution in [0, 0.1) is 6.92 Å². The zero-order valence-electron chi connectivity index (χ0n) is 9.12. The molecule has 0 saturated carbocycles. The fraction of sp³-hybridized carbons (Fsp3) is 0.455. The summed E-state index contributed by atoms with van der Waals surface area (Å²) in [7, 11) is 0. The first-order valence-corrected chi connectivity index (χ1v) is 5.29. The molecule has 0 bridgehead atoms. The van der Waals surface area contributed by atoms with Gasteiger partial charge in [0.15, 0.2) is 5.65 Å². The van der Waals surface area contributed by atoms with Crippen molar-refractivity contribution in [2.45, 2.75) is 32.7 Å². The van der Waals surface area contributed by atoms with E-state index in [0.29, 0.717) is 0 Å². The van der Waals surface area contributed by atoms with Gasteiger partial charge < -0.3 is 10.7 Å². The van der Waals surface area contributed by atoms with Crippen LogP contribution in [0.1, 0.15) is 37.3 Å². The van der Waals surface area contributed by atoms with Crippen LogP contribution in [0.4, 0.5) is 0 Å². The molecule has 0 radical (unpaired) electrons. The van der Waals surface area contributed by atoms with Crippen LogP contribution in [0.2, 0.25) is 0 Å². The monoisotopic (exact) mass is 204 g/mol. The molecule has 0 aliphatic rings. The smallest absolute Gasteiger partial charge is 0.177 e. The van der Waals surface area contributed by atoms with E-state index in [2.05, 4.69) is 21.9 Å². The number of aryl methyl sites for hydroxylation is 1. The summed E-state index contributed by atoms with van der Waals surface area (Å²) in [6.07, 6.45) is 2.00. The molecule has 1 atom stereocenters. The van der Waals surface area contributed by atoms with Gasteiger partial charge >= 0.3 is 0 Å². The minimum atomic E-state index is -0.00972. The summed E-state index contributed by atoms with van der Waals surface area (Å²) in [5, 5.41) is 0. The van der Waals surface area contributed by atoms with Gasteiger partial charge in [-0.05, 0) is 25.5 Å². The molecule has 0 saturated heterocycles. The Morgan fingerprint density at radius 3 is 2.93 bits per heavy atom. The number of nitrogens with two attached hydrogens (primary N) is 1. The largest absolute Gasteiger partial charge is 0.339 e. The van der Waals surface area contributed by atoms with E-state index in [-0.39, 0.29) is 6.04 Å². The summed E-state index contributed by atoms with van der Waals surface area (Å²) in [6.45, 7) is 4.07. The highest BCUT2D eigenvalue weighted by Crippen LogP contribution is 2.16. The molecule has 0 aliphatic heterocycles. The van der Waals surface area contributed by atoms with E-state index >= 15 is 0 Å². The van der Waals surface area contributed by atoms with E-state index in [0.717, 1.165) is 35.5 Å². The Morgan fingerprint density at radius 1 is 1.40 bits per heavy atom. The Hall–Kier alpha value is -1.42. The molecule has 2 heterocycles. The second kappa shape index (κ2) is 3.98. The van der Waals surface area contributed by atoms with Gasteiger partial charge in [-0.15, -0.1) is 0 Å². The third-order valence-electron chi connectivity index (χ3n) is 2.45. The number of rotatable bonds is 3. The summed E-state index contributed by atoms with van der Waals surface area (Å²) in [4.78, 5) is 12.0. The molecule has 0 aliphatic carbocycles. The Balaban J connectivity index is 2.38. The van der Waals surface area contributed by atoms with Crippen LogP contribution in [0.5, 0.6) is 0 Å². The maximum atomic E-state index is 5.99. The number of H-pyrrole nitrogens is 1. The topological polar surface area (TPSA) is 67.6 Å². The van der Waals surface area contributed by atoms with Crippen molar-refractivity contribution in [3.63, 3.8) is 0 Å². The van der Waals surface area contributed by atoms with Crippen molar-refractivity contribution in [2.75, 3.05) is 0 Å². The van der Waals surface area contributed by atoms with Crippen LogP contribution >= 0.6 is 0 Å². The van der Waals surface area contributed by atoms with E-state index < -0.39 is 0 Å². The van der Waals surface area contributed by atoms with Crippen LogP contribution < -0.4 is 5.73 Å². The standard InChI is InChI=1S/C11H16N4/c1-3-4-8(12)10-14-9-6-5-7(2)13-11(9)15-10/h5-6,8H,3-4,12H2,1-2H3,(H,13,14,15).